The highest BCUT2D eigenvalue weighted by Gasteiger charge is 2.31. The van der Waals surface area contributed by atoms with Gasteiger partial charge in [-0.05, 0) is 6.42 Å². The largest absolute Gasteiger partial charge is 0.387 e. The Hall–Kier alpha value is -1.80. The number of nitrogen functional groups attached to an aromatic ring is 1. The summed E-state index contributed by atoms with van der Waals surface area (Å²) in [5, 5.41) is 10.1. The third-order valence-corrected chi connectivity index (χ3v) is 4.24. The standard InChI is InChI=1S/C11H14N5O4P/c12-10-9-11(14-4-13-10)16(5-15-9)7-1-6(2-8(7)17)3-21(18,19)20/h2,4-5,7-8,17H,1,3H2,(H2,12,13,14)(H2,18,19,20)/t7-,8-/m1/s1. The Labute approximate surface area is 119 Å². The summed E-state index contributed by atoms with van der Waals surface area (Å²) in [5.74, 6) is 0.245. The molecule has 10 heteroatoms. The molecule has 0 saturated heterocycles. The summed E-state index contributed by atoms with van der Waals surface area (Å²) in [6.45, 7) is 0. The zero-order valence-electron chi connectivity index (χ0n) is 10.9. The maximum Gasteiger partial charge on any atom is 0.329 e. The molecule has 0 aromatic carbocycles. The number of anilines is 1. The summed E-state index contributed by atoms with van der Waals surface area (Å²) < 4.78 is 12.7. The number of aliphatic hydroxyl groups is 1. The van der Waals surface area contributed by atoms with Gasteiger partial charge in [0.2, 0.25) is 0 Å². The van der Waals surface area contributed by atoms with Crippen LogP contribution in [0.3, 0.4) is 0 Å². The predicted octanol–water partition coefficient (Wildman–Crippen LogP) is -0.182. The minimum atomic E-state index is -4.15. The zero-order valence-corrected chi connectivity index (χ0v) is 11.8. The molecule has 1 aliphatic carbocycles. The minimum absolute atomic E-state index is 0.245. The van der Waals surface area contributed by atoms with Gasteiger partial charge in [0.05, 0.1) is 24.6 Å². The van der Waals surface area contributed by atoms with Crippen molar-refractivity contribution in [3.8, 4) is 0 Å². The van der Waals surface area contributed by atoms with Gasteiger partial charge in [0.15, 0.2) is 11.5 Å². The molecule has 112 valence electrons. The van der Waals surface area contributed by atoms with E-state index in [1.165, 1.54) is 18.7 Å². The van der Waals surface area contributed by atoms with Gasteiger partial charge >= 0.3 is 7.60 Å². The highest BCUT2D eigenvalue weighted by Crippen LogP contribution is 2.42. The third-order valence-electron chi connectivity index (χ3n) is 3.43. The van der Waals surface area contributed by atoms with Crippen LogP contribution in [0.2, 0.25) is 0 Å². The lowest BCUT2D eigenvalue weighted by Gasteiger charge is -2.17. The summed E-state index contributed by atoms with van der Waals surface area (Å²) in [7, 11) is -4.15. The Kier molecular flexibility index (Phi) is 3.29. The van der Waals surface area contributed by atoms with Gasteiger partial charge in [0, 0.05) is 0 Å². The fraction of sp³-hybridized carbons (Fsp3) is 0.364. The molecule has 0 amide bonds. The van der Waals surface area contributed by atoms with E-state index in [1.54, 1.807) is 4.57 Å². The number of hydrogen-bond donors (Lipinski definition) is 4. The Balaban J connectivity index is 1.91. The van der Waals surface area contributed by atoms with Gasteiger partial charge in [0.1, 0.15) is 11.8 Å². The zero-order chi connectivity index (χ0) is 15.2. The van der Waals surface area contributed by atoms with Crippen LogP contribution in [0.4, 0.5) is 5.82 Å². The van der Waals surface area contributed by atoms with Crippen LogP contribution >= 0.6 is 7.60 Å². The highest BCUT2D eigenvalue weighted by molar-refractivity contribution is 7.52. The summed E-state index contributed by atoms with van der Waals surface area (Å²) in [4.78, 5) is 30.1. The molecule has 0 saturated carbocycles. The number of hydrogen-bond acceptors (Lipinski definition) is 6. The topological polar surface area (TPSA) is 147 Å². The molecule has 3 rings (SSSR count). The maximum atomic E-state index is 11.1. The minimum Gasteiger partial charge on any atom is -0.387 e. The van der Waals surface area contributed by atoms with Crippen molar-refractivity contribution < 1.29 is 19.5 Å². The van der Waals surface area contributed by atoms with E-state index >= 15 is 0 Å². The number of nitrogens with zero attached hydrogens (tertiary/aromatic N) is 4. The second-order valence-corrected chi connectivity index (χ2v) is 6.64. The second kappa shape index (κ2) is 4.88. The van der Waals surface area contributed by atoms with Crippen molar-refractivity contribution in [3.05, 3.63) is 24.3 Å². The molecule has 0 aliphatic heterocycles. The molecule has 0 unspecified atom stereocenters. The lowest BCUT2D eigenvalue weighted by Crippen LogP contribution is -2.18. The number of rotatable bonds is 3. The van der Waals surface area contributed by atoms with Gasteiger partial charge in [-0.3, -0.25) is 4.57 Å². The second-order valence-electron chi connectivity index (χ2n) is 4.99. The highest BCUT2D eigenvalue weighted by atomic mass is 31.2. The molecule has 2 aromatic heterocycles. The summed E-state index contributed by atoms with van der Waals surface area (Å²) in [6.07, 6.45) is 3.38. The molecule has 2 aromatic rings. The van der Waals surface area contributed by atoms with Crippen molar-refractivity contribution >= 4 is 24.6 Å². The van der Waals surface area contributed by atoms with E-state index in [9.17, 15) is 9.67 Å². The Morgan fingerprint density at radius 2 is 2.14 bits per heavy atom. The van der Waals surface area contributed by atoms with Crippen molar-refractivity contribution in [2.45, 2.75) is 18.6 Å². The first-order chi connectivity index (χ1) is 9.85. The Bertz CT molecular complexity index is 767. The smallest absolute Gasteiger partial charge is 0.329 e. The molecule has 9 nitrogen and oxygen atoms in total. The van der Waals surface area contributed by atoms with E-state index in [1.807, 2.05) is 0 Å². The molecule has 0 radical (unpaired) electrons. The van der Waals surface area contributed by atoms with Crippen LogP contribution in [0.15, 0.2) is 24.3 Å². The van der Waals surface area contributed by atoms with Crippen molar-refractivity contribution in [1.29, 1.82) is 0 Å². The average molecular weight is 311 g/mol. The van der Waals surface area contributed by atoms with Crippen LogP contribution < -0.4 is 5.73 Å². The molecule has 2 heterocycles. The lowest BCUT2D eigenvalue weighted by molar-refractivity contribution is 0.170. The van der Waals surface area contributed by atoms with Crippen LogP contribution in [-0.2, 0) is 4.57 Å². The van der Waals surface area contributed by atoms with Crippen LogP contribution in [-0.4, -0.2) is 46.7 Å². The van der Waals surface area contributed by atoms with Crippen LogP contribution in [0.25, 0.3) is 11.2 Å². The SMILES string of the molecule is Nc1ncnc2c1ncn2[C@@H]1CC(CP(=O)(O)O)=C[C@H]1O. The number of aromatic nitrogens is 4. The molecule has 0 fully saturated rings. The number of imidazole rings is 1. The van der Waals surface area contributed by atoms with E-state index in [4.69, 9.17) is 15.5 Å². The van der Waals surface area contributed by atoms with Gasteiger partial charge < -0.3 is 25.2 Å². The fourth-order valence-corrected chi connectivity index (χ4v) is 3.33. The first kappa shape index (κ1) is 14.2. The predicted molar refractivity (Wildman–Crippen MR) is 74.4 cm³/mol. The molecular formula is C11H14N5O4P. The van der Waals surface area contributed by atoms with Crippen LogP contribution in [0.1, 0.15) is 12.5 Å². The number of allylic oxidation sites excluding steroid dienone is 1. The lowest BCUT2D eigenvalue weighted by atomic mass is 10.2. The van der Waals surface area contributed by atoms with Crippen molar-refractivity contribution in [2.75, 3.05) is 11.9 Å². The van der Waals surface area contributed by atoms with E-state index < -0.39 is 19.7 Å². The molecule has 2 atom stereocenters. The van der Waals surface area contributed by atoms with E-state index in [-0.39, 0.29) is 12.0 Å². The molecule has 1 aliphatic rings. The van der Waals surface area contributed by atoms with Gasteiger partial charge in [0.25, 0.3) is 0 Å². The van der Waals surface area contributed by atoms with Crippen LogP contribution in [0.5, 0.6) is 0 Å². The normalized spacial score (nSPS) is 22.7. The monoisotopic (exact) mass is 311 g/mol. The maximum absolute atomic E-state index is 11.1. The van der Waals surface area contributed by atoms with Gasteiger partial charge in [-0.15, -0.1) is 0 Å². The first-order valence-electron chi connectivity index (χ1n) is 6.20. The van der Waals surface area contributed by atoms with Gasteiger partial charge in [-0.25, -0.2) is 15.0 Å². The molecule has 21 heavy (non-hydrogen) atoms. The number of fused-ring (bicyclic) bond motifs is 1. The molecule has 0 spiro atoms. The van der Waals surface area contributed by atoms with E-state index in [0.29, 0.717) is 23.2 Å². The molecular weight excluding hydrogens is 297 g/mol. The summed E-state index contributed by atoms with van der Waals surface area (Å²) in [6, 6.07) is -0.411. The van der Waals surface area contributed by atoms with E-state index in [0.717, 1.165) is 0 Å². The molecule has 0 bridgehead atoms. The van der Waals surface area contributed by atoms with Crippen molar-refractivity contribution in [2.24, 2.45) is 0 Å². The van der Waals surface area contributed by atoms with Crippen molar-refractivity contribution in [3.63, 3.8) is 0 Å². The fourth-order valence-electron chi connectivity index (χ4n) is 2.57. The first-order valence-corrected chi connectivity index (χ1v) is 8.00. The number of nitrogens with two attached hydrogens (primary N) is 1. The van der Waals surface area contributed by atoms with Crippen molar-refractivity contribution in [1.82, 2.24) is 19.5 Å². The Morgan fingerprint density at radius 1 is 1.38 bits per heavy atom. The van der Waals surface area contributed by atoms with Gasteiger partial charge in [-0.1, -0.05) is 11.6 Å². The molecule has 5 N–H and O–H groups in total. The quantitative estimate of drug-likeness (QED) is 0.450. The van der Waals surface area contributed by atoms with Gasteiger partial charge in [-0.2, -0.15) is 0 Å². The van der Waals surface area contributed by atoms with E-state index in [2.05, 4.69) is 15.0 Å². The summed E-state index contributed by atoms with van der Waals surface area (Å²) in [5.41, 5.74) is 7.15. The average Bonchev–Trinajstić information content (AvgIpc) is 2.92. The number of aliphatic hydroxyl groups excluding tert-OH is 1. The van der Waals surface area contributed by atoms with Crippen LogP contribution in [0, 0.1) is 0 Å². The third kappa shape index (κ3) is 2.68. The summed E-state index contributed by atoms with van der Waals surface area (Å²) >= 11 is 0. The Morgan fingerprint density at radius 3 is 2.86 bits per heavy atom.